The van der Waals surface area contributed by atoms with Crippen molar-refractivity contribution in [3.63, 3.8) is 0 Å². The molecule has 0 unspecified atom stereocenters. The zero-order valence-electron chi connectivity index (χ0n) is 8.98. The average molecular weight is 259 g/mol. The third kappa shape index (κ3) is 3.52. The van der Waals surface area contributed by atoms with Gasteiger partial charge in [0.1, 0.15) is 6.54 Å². The van der Waals surface area contributed by atoms with Crippen LogP contribution in [0.2, 0.25) is 0 Å². The predicted molar refractivity (Wildman–Crippen MR) is 59.9 cm³/mol. The summed E-state index contributed by atoms with van der Waals surface area (Å²) >= 11 is 0. The highest BCUT2D eigenvalue weighted by Gasteiger charge is 2.25. The predicted octanol–water partition coefficient (Wildman–Crippen LogP) is -0.246. The van der Waals surface area contributed by atoms with E-state index >= 15 is 0 Å². The van der Waals surface area contributed by atoms with Gasteiger partial charge in [0, 0.05) is 6.54 Å². The molecule has 94 valence electrons. The Morgan fingerprint density at radius 3 is 2.29 bits per heavy atom. The molecule has 1 rings (SSSR count). The molecule has 0 radical (unpaired) electrons. The summed E-state index contributed by atoms with van der Waals surface area (Å²) < 4.78 is 24.7. The molecule has 0 bridgehead atoms. The molecule has 1 aromatic carbocycles. The van der Waals surface area contributed by atoms with Crippen molar-refractivity contribution in [2.45, 2.75) is 4.90 Å². The molecule has 2 N–H and O–H groups in total. The molecule has 0 aliphatic heterocycles. The molecule has 7 heteroatoms. The Bertz CT molecular complexity index is 471. The Labute approximate surface area is 99.2 Å². The molecule has 0 amide bonds. The molecule has 0 atom stereocenters. The summed E-state index contributed by atoms with van der Waals surface area (Å²) in [7, 11) is -3.87. The first-order chi connectivity index (χ1) is 7.98. The van der Waals surface area contributed by atoms with Crippen LogP contribution in [0.25, 0.3) is 0 Å². The van der Waals surface area contributed by atoms with Crippen LogP contribution in [-0.2, 0) is 14.8 Å². The Morgan fingerprint density at radius 2 is 1.82 bits per heavy atom. The van der Waals surface area contributed by atoms with Crippen LogP contribution >= 0.6 is 0 Å². The van der Waals surface area contributed by atoms with E-state index in [0.29, 0.717) is 0 Å². The van der Waals surface area contributed by atoms with Crippen LogP contribution in [0.15, 0.2) is 35.2 Å². The lowest BCUT2D eigenvalue weighted by Gasteiger charge is -2.19. The van der Waals surface area contributed by atoms with Crippen LogP contribution < -0.4 is 0 Å². The number of aliphatic hydroxyl groups excluding tert-OH is 1. The van der Waals surface area contributed by atoms with E-state index in [0.717, 1.165) is 4.31 Å². The van der Waals surface area contributed by atoms with Gasteiger partial charge in [-0.2, -0.15) is 4.31 Å². The molecule has 0 fully saturated rings. The standard InChI is InChI=1S/C10H13NO5S/c12-7-6-11(8-10(13)14)17(15,16)9-4-2-1-3-5-9/h1-5,12H,6-8H2,(H,13,14). The number of carboxylic acids is 1. The number of carbonyl (C=O) groups is 1. The van der Waals surface area contributed by atoms with E-state index in [4.69, 9.17) is 10.2 Å². The van der Waals surface area contributed by atoms with Gasteiger partial charge < -0.3 is 10.2 Å². The van der Waals surface area contributed by atoms with Crippen LogP contribution in [0.5, 0.6) is 0 Å². The Balaban J connectivity index is 3.04. The normalized spacial score (nSPS) is 11.6. The van der Waals surface area contributed by atoms with Crippen molar-refractivity contribution in [3.05, 3.63) is 30.3 Å². The minimum atomic E-state index is -3.87. The van der Waals surface area contributed by atoms with E-state index in [2.05, 4.69) is 0 Å². The van der Waals surface area contributed by atoms with Gasteiger partial charge in [0.15, 0.2) is 0 Å². The van der Waals surface area contributed by atoms with Crippen molar-refractivity contribution >= 4 is 16.0 Å². The van der Waals surface area contributed by atoms with Gasteiger partial charge in [0.25, 0.3) is 0 Å². The number of hydrogen-bond acceptors (Lipinski definition) is 4. The quantitative estimate of drug-likeness (QED) is 0.735. The molecule has 1 aromatic rings. The van der Waals surface area contributed by atoms with Gasteiger partial charge in [0.2, 0.25) is 10.0 Å². The van der Waals surface area contributed by atoms with Gasteiger partial charge in [-0.05, 0) is 12.1 Å². The highest BCUT2D eigenvalue weighted by atomic mass is 32.2. The van der Waals surface area contributed by atoms with Crippen LogP contribution in [0.3, 0.4) is 0 Å². The Hall–Kier alpha value is -1.44. The van der Waals surface area contributed by atoms with Gasteiger partial charge >= 0.3 is 5.97 Å². The third-order valence-corrected chi connectivity index (χ3v) is 3.90. The second-order valence-corrected chi connectivity index (χ2v) is 5.21. The molecule has 0 aliphatic rings. The topological polar surface area (TPSA) is 94.9 Å². The van der Waals surface area contributed by atoms with E-state index in [1.807, 2.05) is 0 Å². The lowest BCUT2D eigenvalue weighted by molar-refractivity contribution is -0.137. The minimum absolute atomic E-state index is 0.00898. The SMILES string of the molecule is O=C(O)CN(CCO)S(=O)(=O)c1ccccc1. The Morgan fingerprint density at radius 1 is 1.24 bits per heavy atom. The molecule has 0 spiro atoms. The van der Waals surface area contributed by atoms with Gasteiger partial charge in [-0.1, -0.05) is 18.2 Å². The van der Waals surface area contributed by atoms with Crippen LogP contribution in [0.4, 0.5) is 0 Å². The van der Waals surface area contributed by atoms with E-state index in [-0.39, 0.29) is 11.4 Å². The zero-order valence-corrected chi connectivity index (χ0v) is 9.80. The van der Waals surface area contributed by atoms with Gasteiger partial charge in [-0.15, -0.1) is 0 Å². The molecule has 17 heavy (non-hydrogen) atoms. The van der Waals surface area contributed by atoms with E-state index < -0.39 is 29.1 Å². The summed E-state index contributed by atoms with van der Waals surface area (Å²) in [5, 5.41) is 17.4. The molecule has 0 aliphatic carbocycles. The maximum Gasteiger partial charge on any atom is 0.318 e. The average Bonchev–Trinajstić information content (AvgIpc) is 2.29. The van der Waals surface area contributed by atoms with Gasteiger partial charge in [0.05, 0.1) is 11.5 Å². The summed E-state index contributed by atoms with van der Waals surface area (Å²) in [5.41, 5.74) is 0. The summed E-state index contributed by atoms with van der Waals surface area (Å²) in [6.45, 7) is -1.35. The number of rotatable bonds is 6. The zero-order chi connectivity index (χ0) is 12.9. The molecule has 0 aromatic heterocycles. The first kappa shape index (κ1) is 13.6. The number of hydrogen-bond donors (Lipinski definition) is 2. The van der Waals surface area contributed by atoms with Crippen molar-refractivity contribution in [2.75, 3.05) is 19.7 Å². The summed E-state index contributed by atoms with van der Waals surface area (Å²) in [5.74, 6) is -1.27. The van der Waals surface area contributed by atoms with Crippen LogP contribution in [0, 0.1) is 0 Å². The minimum Gasteiger partial charge on any atom is -0.480 e. The number of sulfonamides is 1. The fraction of sp³-hybridized carbons (Fsp3) is 0.300. The molecule has 0 saturated heterocycles. The monoisotopic (exact) mass is 259 g/mol. The molecule has 6 nitrogen and oxygen atoms in total. The lowest BCUT2D eigenvalue weighted by atomic mass is 10.4. The fourth-order valence-corrected chi connectivity index (χ4v) is 2.69. The molecular formula is C10H13NO5S. The van der Waals surface area contributed by atoms with Gasteiger partial charge in [-0.3, -0.25) is 4.79 Å². The maximum atomic E-state index is 12.0. The van der Waals surface area contributed by atoms with Crippen molar-refractivity contribution in [1.29, 1.82) is 0 Å². The van der Waals surface area contributed by atoms with E-state index in [1.54, 1.807) is 18.2 Å². The summed E-state index contributed by atoms with van der Waals surface area (Å²) in [4.78, 5) is 10.6. The van der Waals surface area contributed by atoms with E-state index in [9.17, 15) is 13.2 Å². The van der Waals surface area contributed by atoms with E-state index in [1.165, 1.54) is 12.1 Å². The number of aliphatic carboxylic acids is 1. The van der Waals surface area contributed by atoms with Gasteiger partial charge in [-0.25, -0.2) is 8.42 Å². The van der Waals surface area contributed by atoms with Crippen LogP contribution in [-0.4, -0.2) is 48.6 Å². The third-order valence-electron chi connectivity index (χ3n) is 2.04. The van der Waals surface area contributed by atoms with Crippen LogP contribution in [0.1, 0.15) is 0 Å². The Kier molecular flexibility index (Phi) is 4.62. The number of benzene rings is 1. The highest BCUT2D eigenvalue weighted by Crippen LogP contribution is 2.14. The van der Waals surface area contributed by atoms with Crippen molar-refractivity contribution in [2.24, 2.45) is 0 Å². The molecule has 0 heterocycles. The number of nitrogens with zero attached hydrogens (tertiary/aromatic N) is 1. The second-order valence-electron chi connectivity index (χ2n) is 3.27. The molecule has 0 saturated carbocycles. The first-order valence-electron chi connectivity index (χ1n) is 4.86. The summed E-state index contributed by atoms with van der Waals surface area (Å²) in [6.07, 6.45) is 0. The highest BCUT2D eigenvalue weighted by molar-refractivity contribution is 7.89. The maximum absolute atomic E-state index is 12.0. The number of carboxylic acid groups (broad SMARTS) is 1. The van der Waals surface area contributed by atoms with Crippen molar-refractivity contribution < 1.29 is 23.4 Å². The lowest BCUT2D eigenvalue weighted by Crippen LogP contribution is -2.37. The number of aliphatic hydroxyl groups is 1. The van der Waals surface area contributed by atoms with Crippen molar-refractivity contribution in [3.8, 4) is 0 Å². The second kappa shape index (κ2) is 5.76. The first-order valence-corrected chi connectivity index (χ1v) is 6.30. The fourth-order valence-electron chi connectivity index (χ4n) is 1.29. The molecular weight excluding hydrogens is 246 g/mol. The smallest absolute Gasteiger partial charge is 0.318 e. The largest absolute Gasteiger partial charge is 0.480 e. The summed E-state index contributed by atoms with van der Waals surface area (Å²) in [6, 6.07) is 7.51. The van der Waals surface area contributed by atoms with Crippen molar-refractivity contribution in [1.82, 2.24) is 4.31 Å².